The maximum Gasteiger partial charge on any atom is 0.305 e. The number of hydrogen-bond acceptors (Lipinski definition) is 4. The van der Waals surface area contributed by atoms with E-state index in [9.17, 15) is 14.4 Å². The van der Waals surface area contributed by atoms with Gasteiger partial charge in [0, 0.05) is 25.3 Å². The van der Waals surface area contributed by atoms with Gasteiger partial charge in [-0.3, -0.25) is 14.4 Å². The zero-order valence-electron chi connectivity index (χ0n) is 24.4. The molecular formula is C32H53NO5. The number of methoxy groups -OCH3 is 1. The third kappa shape index (κ3) is 6.09. The number of carbonyl (C=O) groups excluding carboxylic acids is 2. The van der Waals surface area contributed by atoms with Crippen molar-refractivity contribution in [2.45, 2.75) is 130 Å². The second-order valence-electron chi connectivity index (χ2n) is 14.0. The minimum Gasteiger partial charge on any atom is -0.481 e. The van der Waals surface area contributed by atoms with Gasteiger partial charge in [0.1, 0.15) is 0 Å². The summed E-state index contributed by atoms with van der Waals surface area (Å²) in [6, 6.07) is 0.302. The van der Waals surface area contributed by atoms with Crippen molar-refractivity contribution in [2.24, 2.45) is 46.3 Å². The van der Waals surface area contributed by atoms with Crippen molar-refractivity contribution in [2.75, 3.05) is 7.11 Å². The molecule has 0 aromatic heterocycles. The minimum absolute atomic E-state index is 0.0750. The predicted octanol–water partition coefficient (Wildman–Crippen LogP) is 6.75. The second-order valence-corrected chi connectivity index (χ2v) is 14.0. The van der Waals surface area contributed by atoms with Crippen molar-refractivity contribution in [3.8, 4) is 0 Å². The highest BCUT2D eigenvalue weighted by molar-refractivity contribution is 5.76. The number of ether oxygens (including phenoxy) is 1. The van der Waals surface area contributed by atoms with Crippen molar-refractivity contribution in [1.29, 1.82) is 0 Å². The molecule has 4 rings (SSSR count). The lowest BCUT2D eigenvalue weighted by atomic mass is 9.44. The van der Waals surface area contributed by atoms with Crippen molar-refractivity contribution < 1.29 is 24.2 Å². The quantitative estimate of drug-likeness (QED) is 0.227. The van der Waals surface area contributed by atoms with E-state index < -0.39 is 5.97 Å². The van der Waals surface area contributed by atoms with Gasteiger partial charge in [-0.25, -0.2) is 0 Å². The normalized spacial score (nSPS) is 38.8. The van der Waals surface area contributed by atoms with Crippen LogP contribution in [0.3, 0.4) is 0 Å². The molecule has 0 spiro atoms. The van der Waals surface area contributed by atoms with Crippen LogP contribution in [0.5, 0.6) is 0 Å². The number of nitrogens with one attached hydrogen (secondary N) is 1. The van der Waals surface area contributed by atoms with E-state index in [0.717, 1.165) is 55.8 Å². The third-order valence-electron chi connectivity index (χ3n) is 12.1. The van der Waals surface area contributed by atoms with E-state index in [2.05, 4.69) is 26.1 Å². The van der Waals surface area contributed by atoms with Crippen LogP contribution in [0.1, 0.15) is 124 Å². The first kappa shape index (κ1) is 29.4. The molecule has 4 fully saturated rings. The van der Waals surface area contributed by atoms with Crippen LogP contribution >= 0.6 is 0 Å². The van der Waals surface area contributed by atoms with Crippen LogP contribution in [0.2, 0.25) is 0 Å². The van der Waals surface area contributed by atoms with Gasteiger partial charge in [0.15, 0.2) is 0 Å². The van der Waals surface area contributed by atoms with Gasteiger partial charge in [0.05, 0.1) is 7.11 Å². The Morgan fingerprint density at radius 2 is 1.61 bits per heavy atom. The van der Waals surface area contributed by atoms with Gasteiger partial charge >= 0.3 is 11.9 Å². The summed E-state index contributed by atoms with van der Waals surface area (Å²) in [5.74, 6) is 3.79. The molecule has 4 aliphatic rings. The van der Waals surface area contributed by atoms with Gasteiger partial charge in [-0.15, -0.1) is 0 Å². The highest BCUT2D eigenvalue weighted by atomic mass is 16.5. The molecule has 4 saturated carbocycles. The standard InChI is InChI=1S/C32H53NO5/c1-21(10-15-30(37)38-4)25-13-14-26-24-12-11-22-20-23(33-28(34)8-6-5-7-9-29(35)36)16-18-31(22,2)27(24)17-19-32(25,26)3/h21-27H,5-20H2,1-4H3,(H,33,34)(H,35,36)/t21-,22-,23+,24+,25-,26+,27+,31+,32-/m1/s1. The van der Waals surface area contributed by atoms with E-state index in [0.29, 0.717) is 48.0 Å². The molecular weight excluding hydrogens is 478 g/mol. The second kappa shape index (κ2) is 12.3. The summed E-state index contributed by atoms with van der Waals surface area (Å²) in [5.41, 5.74) is 0.812. The van der Waals surface area contributed by atoms with Gasteiger partial charge in [0.2, 0.25) is 5.91 Å². The van der Waals surface area contributed by atoms with Crippen LogP contribution < -0.4 is 5.32 Å². The Bertz CT molecular complexity index is 859. The first-order valence-corrected chi connectivity index (χ1v) is 15.7. The molecule has 0 unspecified atom stereocenters. The molecule has 0 radical (unpaired) electrons. The number of carboxylic acid groups (broad SMARTS) is 1. The number of hydrogen-bond donors (Lipinski definition) is 2. The SMILES string of the molecule is COC(=O)CC[C@@H](C)[C@H]1CC[C@H]2[C@@H]3CC[C@@H]4C[C@@H](NC(=O)CCCCCC(=O)O)CC[C@]4(C)[C@H]3CC[C@]12C. The first-order chi connectivity index (χ1) is 18.1. The molecule has 38 heavy (non-hydrogen) atoms. The lowest BCUT2D eigenvalue weighted by molar-refractivity contribution is -0.141. The fraction of sp³-hybridized carbons (Fsp3) is 0.906. The summed E-state index contributed by atoms with van der Waals surface area (Å²) in [4.78, 5) is 35.0. The average molecular weight is 532 g/mol. The van der Waals surface area contributed by atoms with E-state index in [1.54, 1.807) is 0 Å². The summed E-state index contributed by atoms with van der Waals surface area (Å²) < 4.78 is 4.91. The highest BCUT2D eigenvalue weighted by Crippen LogP contribution is 2.68. The fourth-order valence-electron chi connectivity index (χ4n) is 10.1. The van der Waals surface area contributed by atoms with Crippen LogP contribution in [0.25, 0.3) is 0 Å². The van der Waals surface area contributed by atoms with Crippen LogP contribution in [-0.2, 0) is 19.1 Å². The zero-order chi connectivity index (χ0) is 27.5. The van der Waals surface area contributed by atoms with Gasteiger partial charge < -0.3 is 15.2 Å². The predicted molar refractivity (Wildman–Crippen MR) is 148 cm³/mol. The molecule has 0 aromatic carbocycles. The molecule has 6 heteroatoms. The smallest absolute Gasteiger partial charge is 0.305 e. The Kier molecular flexibility index (Phi) is 9.51. The average Bonchev–Trinajstić information content (AvgIpc) is 3.24. The van der Waals surface area contributed by atoms with Crippen LogP contribution in [0.4, 0.5) is 0 Å². The largest absolute Gasteiger partial charge is 0.481 e. The highest BCUT2D eigenvalue weighted by Gasteiger charge is 2.60. The molecule has 0 bridgehead atoms. The molecule has 2 N–H and O–H groups in total. The van der Waals surface area contributed by atoms with Crippen LogP contribution in [0.15, 0.2) is 0 Å². The maximum absolute atomic E-state index is 12.6. The lowest BCUT2D eigenvalue weighted by Crippen LogP contribution is -2.55. The Labute approximate surface area is 230 Å². The third-order valence-corrected chi connectivity index (χ3v) is 12.1. The Morgan fingerprint density at radius 1 is 0.895 bits per heavy atom. The Balaban J connectivity index is 1.30. The lowest BCUT2D eigenvalue weighted by Gasteiger charge is -2.61. The maximum atomic E-state index is 12.6. The molecule has 0 aromatic rings. The van der Waals surface area contributed by atoms with Crippen LogP contribution in [0, 0.1) is 46.3 Å². The minimum atomic E-state index is -0.755. The number of carbonyl (C=O) groups is 3. The molecule has 216 valence electrons. The topological polar surface area (TPSA) is 92.7 Å². The van der Waals surface area contributed by atoms with Crippen molar-refractivity contribution >= 4 is 17.8 Å². The fourth-order valence-corrected chi connectivity index (χ4v) is 10.1. The van der Waals surface area contributed by atoms with Gasteiger partial charge in [-0.2, -0.15) is 0 Å². The molecule has 0 heterocycles. The molecule has 0 saturated heterocycles. The number of aliphatic carboxylic acids is 1. The summed E-state index contributed by atoms with van der Waals surface area (Å²) >= 11 is 0. The summed E-state index contributed by atoms with van der Waals surface area (Å²) in [5, 5.41) is 12.1. The summed E-state index contributed by atoms with van der Waals surface area (Å²) in [6.45, 7) is 7.54. The number of rotatable bonds is 11. The van der Waals surface area contributed by atoms with Crippen molar-refractivity contribution in [3.63, 3.8) is 0 Å². The number of fused-ring (bicyclic) bond motifs is 5. The Hall–Kier alpha value is -1.59. The number of unbranched alkanes of at least 4 members (excludes halogenated alkanes) is 2. The van der Waals surface area contributed by atoms with Crippen molar-refractivity contribution in [1.82, 2.24) is 5.32 Å². The van der Waals surface area contributed by atoms with Gasteiger partial charge in [0.25, 0.3) is 0 Å². The Morgan fingerprint density at radius 3 is 2.34 bits per heavy atom. The number of amides is 1. The molecule has 4 aliphatic carbocycles. The zero-order valence-corrected chi connectivity index (χ0v) is 24.4. The van der Waals surface area contributed by atoms with Crippen molar-refractivity contribution in [3.05, 3.63) is 0 Å². The molecule has 9 atom stereocenters. The summed E-state index contributed by atoms with van der Waals surface area (Å²) in [7, 11) is 1.49. The molecule has 0 aliphatic heterocycles. The molecule has 1 amide bonds. The van der Waals surface area contributed by atoms with Crippen LogP contribution in [-0.4, -0.2) is 36.1 Å². The summed E-state index contributed by atoms with van der Waals surface area (Å²) in [6.07, 6.45) is 15.9. The van der Waals surface area contributed by atoms with E-state index >= 15 is 0 Å². The van der Waals surface area contributed by atoms with E-state index in [-0.39, 0.29) is 18.3 Å². The van der Waals surface area contributed by atoms with E-state index in [1.807, 2.05) is 0 Å². The van der Waals surface area contributed by atoms with Gasteiger partial charge in [-0.1, -0.05) is 27.2 Å². The van der Waals surface area contributed by atoms with E-state index in [4.69, 9.17) is 9.84 Å². The molecule has 6 nitrogen and oxygen atoms in total. The monoisotopic (exact) mass is 531 g/mol. The number of esters is 1. The number of carboxylic acids is 1. The van der Waals surface area contributed by atoms with E-state index in [1.165, 1.54) is 52.1 Å². The van der Waals surface area contributed by atoms with Gasteiger partial charge in [-0.05, 0) is 123 Å². The first-order valence-electron chi connectivity index (χ1n) is 15.7.